The number of ether oxygens (including phenoxy) is 4. The third-order valence-corrected chi connectivity index (χ3v) is 3.93. The molecule has 0 aliphatic carbocycles. The number of fused-ring (bicyclic) bond motifs is 3. The first-order valence-corrected chi connectivity index (χ1v) is 6.77. The van der Waals surface area contributed by atoms with Crippen LogP contribution in [0, 0.1) is 5.92 Å². The Balaban J connectivity index is 1.94. The second-order valence-electron chi connectivity index (χ2n) is 5.82. The summed E-state index contributed by atoms with van der Waals surface area (Å²) in [6, 6.07) is 0. The lowest BCUT2D eigenvalue weighted by atomic mass is 9.86. The van der Waals surface area contributed by atoms with Crippen molar-refractivity contribution < 1.29 is 23.7 Å². The predicted molar refractivity (Wildman–Crippen MR) is 66.3 cm³/mol. The van der Waals surface area contributed by atoms with Crippen molar-refractivity contribution in [3.63, 3.8) is 0 Å². The summed E-state index contributed by atoms with van der Waals surface area (Å²) in [7, 11) is 0. The smallest absolute Gasteiger partial charge is 0.314 e. The van der Waals surface area contributed by atoms with Gasteiger partial charge in [-0.25, -0.2) is 0 Å². The molecule has 0 amide bonds. The van der Waals surface area contributed by atoms with Gasteiger partial charge in [0.05, 0.1) is 0 Å². The number of allylic oxidation sites excluding steroid dienone is 1. The lowest BCUT2D eigenvalue weighted by Gasteiger charge is -2.36. The van der Waals surface area contributed by atoms with Crippen LogP contribution >= 0.6 is 0 Å². The number of cyclic esters (lactones) is 1. The van der Waals surface area contributed by atoms with Crippen molar-refractivity contribution >= 4 is 5.97 Å². The zero-order valence-corrected chi connectivity index (χ0v) is 11.7. The van der Waals surface area contributed by atoms with Gasteiger partial charge in [-0.2, -0.15) is 0 Å². The molecule has 3 saturated heterocycles. The van der Waals surface area contributed by atoms with E-state index in [1.165, 1.54) is 0 Å². The summed E-state index contributed by atoms with van der Waals surface area (Å²) < 4.78 is 23.1. The summed E-state index contributed by atoms with van der Waals surface area (Å²) in [5, 5.41) is 0. The minimum absolute atomic E-state index is 0.199. The van der Waals surface area contributed by atoms with E-state index in [1.807, 2.05) is 39.8 Å². The molecule has 0 saturated carbocycles. The van der Waals surface area contributed by atoms with Gasteiger partial charge < -0.3 is 18.9 Å². The molecule has 0 spiro atoms. The molecule has 3 rings (SSSR count). The van der Waals surface area contributed by atoms with E-state index in [1.54, 1.807) is 0 Å². The van der Waals surface area contributed by atoms with Crippen molar-refractivity contribution in [2.75, 3.05) is 0 Å². The van der Waals surface area contributed by atoms with Crippen LogP contribution in [0.15, 0.2) is 12.2 Å². The molecule has 0 aromatic carbocycles. The van der Waals surface area contributed by atoms with Crippen molar-refractivity contribution in [3.8, 4) is 0 Å². The summed E-state index contributed by atoms with van der Waals surface area (Å²) in [4.78, 5) is 12.0. The molecule has 0 aromatic heterocycles. The van der Waals surface area contributed by atoms with E-state index in [2.05, 4.69) is 0 Å². The number of carbonyl (C=O) groups is 1. The topological polar surface area (TPSA) is 54.0 Å². The summed E-state index contributed by atoms with van der Waals surface area (Å²) in [6.45, 7) is 7.51. The summed E-state index contributed by atoms with van der Waals surface area (Å²) in [5.41, 5.74) is 0. The molecular weight excluding hydrogens is 248 g/mol. The first-order valence-electron chi connectivity index (χ1n) is 6.77. The molecule has 19 heavy (non-hydrogen) atoms. The van der Waals surface area contributed by atoms with E-state index >= 15 is 0 Å². The van der Waals surface area contributed by atoms with Crippen LogP contribution in [0.4, 0.5) is 0 Å². The second-order valence-corrected chi connectivity index (χ2v) is 5.82. The van der Waals surface area contributed by atoms with Crippen LogP contribution in [0.2, 0.25) is 0 Å². The van der Waals surface area contributed by atoms with Crippen molar-refractivity contribution in [2.45, 2.75) is 64.0 Å². The van der Waals surface area contributed by atoms with Crippen LogP contribution in [-0.2, 0) is 23.7 Å². The summed E-state index contributed by atoms with van der Waals surface area (Å²) in [5.74, 6) is -1.32. The highest BCUT2D eigenvalue weighted by molar-refractivity contribution is 5.77. The van der Waals surface area contributed by atoms with Gasteiger partial charge in [0.25, 0.3) is 0 Å². The Morgan fingerprint density at radius 1 is 1.16 bits per heavy atom. The Labute approximate surface area is 112 Å². The lowest BCUT2D eigenvalue weighted by molar-refractivity contribution is -0.157. The van der Waals surface area contributed by atoms with Gasteiger partial charge in [-0.3, -0.25) is 4.79 Å². The highest BCUT2D eigenvalue weighted by Crippen LogP contribution is 2.44. The van der Waals surface area contributed by atoms with Crippen LogP contribution in [0.5, 0.6) is 0 Å². The third-order valence-electron chi connectivity index (χ3n) is 3.93. The normalized spacial score (nSPS) is 48.1. The van der Waals surface area contributed by atoms with Gasteiger partial charge in [0.1, 0.15) is 36.4 Å². The van der Waals surface area contributed by atoms with Crippen molar-refractivity contribution in [1.82, 2.24) is 0 Å². The van der Waals surface area contributed by atoms with Gasteiger partial charge in [0, 0.05) is 0 Å². The zero-order valence-electron chi connectivity index (χ0n) is 11.7. The van der Waals surface area contributed by atoms with Crippen LogP contribution in [0.3, 0.4) is 0 Å². The van der Waals surface area contributed by atoms with E-state index in [0.717, 1.165) is 0 Å². The molecule has 106 valence electrons. The average molecular weight is 268 g/mol. The number of esters is 1. The maximum Gasteiger partial charge on any atom is 0.314 e. The Morgan fingerprint density at radius 3 is 2.53 bits per heavy atom. The van der Waals surface area contributed by atoms with Gasteiger partial charge in [-0.15, -0.1) is 0 Å². The van der Waals surface area contributed by atoms with Gasteiger partial charge in [0.15, 0.2) is 5.79 Å². The quantitative estimate of drug-likeness (QED) is 0.531. The monoisotopic (exact) mass is 268 g/mol. The third kappa shape index (κ3) is 2.00. The molecule has 3 aliphatic heterocycles. The van der Waals surface area contributed by atoms with Crippen LogP contribution in [0.1, 0.15) is 27.7 Å². The fourth-order valence-corrected chi connectivity index (χ4v) is 3.22. The molecule has 5 nitrogen and oxygen atoms in total. The molecular formula is C14H20O5. The molecule has 5 heteroatoms. The second kappa shape index (κ2) is 4.30. The van der Waals surface area contributed by atoms with Crippen molar-refractivity contribution in [1.29, 1.82) is 0 Å². The maximum absolute atomic E-state index is 12.0. The molecule has 0 unspecified atom stereocenters. The van der Waals surface area contributed by atoms with Crippen LogP contribution in [0.25, 0.3) is 0 Å². The first-order chi connectivity index (χ1) is 8.93. The molecule has 0 radical (unpaired) electrons. The Kier molecular flexibility index (Phi) is 2.96. The van der Waals surface area contributed by atoms with Gasteiger partial charge in [-0.05, 0) is 27.7 Å². The molecule has 0 bridgehead atoms. The molecule has 0 N–H and O–H groups in total. The number of carbonyl (C=O) groups excluding carboxylic acids is 1. The van der Waals surface area contributed by atoms with Crippen molar-refractivity contribution in [2.24, 2.45) is 5.92 Å². The first kappa shape index (κ1) is 13.1. The maximum atomic E-state index is 12.0. The summed E-state index contributed by atoms with van der Waals surface area (Å²) >= 11 is 0. The minimum atomic E-state index is -0.695. The Morgan fingerprint density at radius 2 is 1.84 bits per heavy atom. The van der Waals surface area contributed by atoms with Crippen LogP contribution < -0.4 is 0 Å². The Hall–Kier alpha value is -0.910. The fourth-order valence-electron chi connectivity index (χ4n) is 3.22. The molecule has 3 fully saturated rings. The number of hydrogen-bond donors (Lipinski definition) is 0. The Bertz CT molecular complexity index is 416. The summed E-state index contributed by atoms with van der Waals surface area (Å²) in [6.07, 6.45) is 2.63. The number of rotatable bonds is 1. The van der Waals surface area contributed by atoms with E-state index < -0.39 is 5.79 Å². The van der Waals surface area contributed by atoms with Gasteiger partial charge in [0.2, 0.25) is 0 Å². The zero-order chi connectivity index (χ0) is 13.8. The van der Waals surface area contributed by atoms with Gasteiger partial charge in [-0.1, -0.05) is 12.2 Å². The van der Waals surface area contributed by atoms with E-state index in [4.69, 9.17) is 18.9 Å². The van der Waals surface area contributed by atoms with E-state index in [9.17, 15) is 4.79 Å². The molecule has 0 aromatic rings. The van der Waals surface area contributed by atoms with E-state index in [-0.39, 0.29) is 42.4 Å². The molecule has 6 atom stereocenters. The largest absolute Gasteiger partial charge is 0.460 e. The minimum Gasteiger partial charge on any atom is -0.460 e. The lowest BCUT2D eigenvalue weighted by Crippen LogP contribution is -2.53. The van der Waals surface area contributed by atoms with E-state index in [0.29, 0.717) is 0 Å². The highest BCUT2D eigenvalue weighted by Gasteiger charge is 2.61. The predicted octanol–water partition coefficient (Wildman–Crippen LogP) is 1.41. The average Bonchev–Trinajstić information content (AvgIpc) is 2.76. The number of hydrogen-bond acceptors (Lipinski definition) is 5. The standard InChI is InChI=1S/C14H20O5/c1-5-6-8-11-12(19-14(3,4)18-11)9-10(17-8)7(2)16-13(9)15/h5-12H,1-4H3/b6-5+/t7-,8-,9-,10+,11-,12-/m0/s1. The highest BCUT2D eigenvalue weighted by atomic mass is 16.8. The molecule has 3 heterocycles. The SMILES string of the molecule is C/C=C/[C@@H]1O[C@H]2[C@H](C(=O)O[C@H]2C)[C@@H]2OC(C)(C)O[C@H]21. The fraction of sp³-hybridized carbons (Fsp3) is 0.786. The van der Waals surface area contributed by atoms with Gasteiger partial charge >= 0.3 is 5.97 Å². The van der Waals surface area contributed by atoms with Crippen molar-refractivity contribution in [3.05, 3.63) is 12.2 Å². The molecule has 3 aliphatic rings. The van der Waals surface area contributed by atoms with Crippen LogP contribution in [-0.4, -0.2) is 42.3 Å².